The Bertz CT molecular complexity index is 473. The molecule has 0 fully saturated rings. The first kappa shape index (κ1) is 11.3. The van der Waals surface area contributed by atoms with E-state index < -0.39 is 0 Å². The molecular formula is C11H11IN4. The van der Waals surface area contributed by atoms with E-state index in [0.29, 0.717) is 0 Å². The van der Waals surface area contributed by atoms with Crippen LogP contribution in [0, 0.1) is 3.57 Å². The van der Waals surface area contributed by atoms with Gasteiger partial charge in [0, 0.05) is 30.7 Å². The molecule has 0 saturated heterocycles. The lowest BCUT2D eigenvalue weighted by Gasteiger charge is -2.06. The van der Waals surface area contributed by atoms with Crippen LogP contribution < -0.4 is 5.32 Å². The lowest BCUT2D eigenvalue weighted by Crippen LogP contribution is -2.03. The molecule has 0 radical (unpaired) electrons. The fourth-order valence-electron chi connectivity index (χ4n) is 1.30. The largest absolute Gasteiger partial charge is 0.369 e. The van der Waals surface area contributed by atoms with Gasteiger partial charge in [-0.25, -0.2) is 9.97 Å². The maximum atomic E-state index is 4.47. The molecule has 0 amide bonds. The molecule has 0 aromatic carbocycles. The van der Waals surface area contributed by atoms with Gasteiger partial charge in [0.15, 0.2) is 5.82 Å². The lowest BCUT2D eigenvalue weighted by atomic mass is 10.2. The number of nitrogens with zero attached hydrogens (tertiary/aromatic N) is 3. The van der Waals surface area contributed by atoms with Crippen LogP contribution in [0.25, 0.3) is 11.4 Å². The van der Waals surface area contributed by atoms with E-state index >= 15 is 0 Å². The molecule has 5 heteroatoms. The van der Waals surface area contributed by atoms with Crippen LogP contribution in [0.2, 0.25) is 0 Å². The standard InChI is InChI=1S/C11H11IN4/c1-2-14-11-9(12)7-15-10(16-11)8-3-5-13-6-4-8/h3-7H,2H2,1H3,(H,14,15,16). The van der Waals surface area contributed by atoms with Crippen LogP contribution >= 0.6 is 22.6 Å². The molecule has 0 aliphatic carbocycles. The van der Waals surface area contributed by atoms with Crippen LogP contribution in [0.4, 0.5) is 5.82 Å². The Morgan fingerprint density at radius 3 is 2.75 bits per heavy atom. The van der Waals surface area contributed by atoms with Crippen molar-refractivity contribution in [1.29, 1.82) is 0 Å². The first-order valence-corrected chi connectivity index (χ1v) is 6.06. The van der Waals surface area contributed by atoms with Gasteiger partial charge in [-0.05, 0) is 41.6 Å². The molecule has 2 rings (SSSR count). The van der Waals surface area contributed by atoms with Gasteiger partial charge in [0.05, 0.1) is 3.57 Å². The van der Waals surface area contributed by atoms with Gasteiger partial charge in [-0.15, -0.1) is 0 Å². The van der Waals surface area contributed by atoms with Crippen molar-refractivity contribution >= 4 is 28.4 Å². The zero-order valence-corrected chi connectivity index (χ0v) is 11.0. The van der Waals surface area contributed by atoms with Crippen molar-refractivity contribution in [1.82, 2.24) is 15.0 Å². The van der Waals surface area contributed by atoms with Crippen LogP contribution in [0.1, 0.15) is 6.92 Å². The number of hydrogen-bond donors (Lipinski definition) is 1. The van der Waals surface area contributed by atoms with Crippen molar-refractivity contribution in [3.8, 4) is 11.4 Å². The molecule has 0 unspecified atom stereocenters. The van der Waals surface area contributed by atoms with Gasteiger partial charge >= 0.3 is 0 Å². The van der Waals surface area contributed by atoms with Crippen molar-refractivity contribution in [3.63, 3.8) is 0 Å². The predicted molar refractivity (Wildman–Crippen MR) is 72.1 cm³/mol. The normalized spacial score (nSPS) is 10.1. The molecule has 0 saturated carbocycles. The second kappa shape index (κ2) is 5.20. The van der Waals surface area contributed by atoms with E-state index in [1.165, 1.54) is 0 Å². The van der Waals surface area contributed by atoms with Gasteiger partial charge in [0.2, 0.25) is 0 Å². The number of pyridine rings is 1. The summed E-state index contributed by atoms with van der Waals surface area (Å²) in [7, 11) is 0. The number of halogens is 1. The van der Waals surface area contributed by atoms with Crippen LogP contribution in [0.3, 0.4) is 0 Å². The maximum Gasteiger partial charge on any atom is 0.161 e. The third-order valence-electron chi connectivity index (χ3n) is 2.03. The second-order valence-electron chi connectivity index (χ2n) is 3.16. The molecule has 2 aromatic rings. The molecule has 82 valence electrons. The Labute approximate surface area is 108 Å². The Morgan fingerprint density at radius 2 is 2.06 bits per heavy atom. The summed E-state index contributed by atoms with van der Waals surface area (Å²) in [5.74, 6) is 1.60. The van der Waals surface area contributed by atoms with Crippen LogP contribution in [-0.4, -0.2) is 21.5 Å². The van der Waals surface area contributed by atoms with E-state index in [2.05, 4.69) is 42.9 Å². The molecule has 1 N–H and O–H groups in total. The summed E-state index contributed by atoms with van der Waals surface area (Å²) >= 11 is 2.22. The average Bonchev–Trinajstić information content (AvgIpc) is 2.33. The van der Waals surface area contributed by atoms with E-state index in [9.17, 15) is 0 Å². The number of nitrogens with one attached hydrogen (secondary N) is 1. The maximum absolute atomic E-state index is 4.47. The highest BCUT2D eigenvalue weighted by Crippen LogP contribution is 2.19. The van der Waals surface area contributed by atoms with Crippen molar-refractivity contribution < 1.29 is 0 Å². The molecule has 0 bridgehead atoms. The topological polar surface area (TPSA) is 50.7 Å². The Balaban J connectivity index is 2.40. The summed E-state index contributed by atoms with van der Waals surface area (Å²) in [5.41, 5.74) is 0.977. The number of hydrogen-bond acceptors (Lipinski definition) is 4. The molecule has 2 aromatic heterocycles. The molecule has 2 heterocycles. The van der Waals surface area contributed by atoms with Gasteiger partial charge in [-0.3, -0.25) is 4.98 Å². The summed E-state index contributed by atoms with van der Waals surface area (Å²) in [5, 5.41) is 3.21. The van der Waals surface area contributed by atoms with Gasteiger partial charge in [0.1, 0.15) is 5.82 Å². The van der Waals surface area contributed by atoms with E-state index in [0.717, 1.165) is 27.3 Å². The third kappa shape index (κ3) is 2.46. The SMILES string of the molecule is CCNc1nc(-c2ccncc2)ncc1I. The monoisotopic (exact) mass is 326 g/mol. The van der Waals surface area contributed by atoms with Gasteiger partial charge in [-0.2, -0.15) is 0 Å². The summed E-state index contributed by atoms with van der Waals surface area (Å²) in [6.45, 7) is 2.90. The minimum atomic E-state index is 0.721. The minimum absolute atomic E-state index is 0.721. The van der Waals surface area contributed by atoms with E-state index in [4.69, 9.17) is 0 Å². The molecule has 0 atom stereocenters. The number of aromatic nitrogens is 3. The Kier molecular flexibility index (Phi) is 3.66. The van der Waals surface area contributed by atoms with Gasteiger partial charge in [0.25, 0.3) is 0 Å². The number of anilines is 1. The van der Waals surface area contributed by atoms with Crippen molar-refractivity contribution in [2.75, 3.05) is 11.9 Å². The molecule has 4 nitrogen and oxygen atoms in total. The van der Waals surface area contributed by atoms with Crippen molar-refractivity contribution in [3.05, 3.63) is 34.3 Å². The highest BCUT2D eigenvalue weighted by atomic mass is 127. The third-order valence-corrected chi connectivity index (χ3v) is 2.82. The van der Waals surface area contributed by atoms with E-state index in [1.807, 2.05) is 25.3 Å². The van der Waals surface area contributed by atoms with E-state index in [-0.39, 0.29) is 0 Å². The summed E-state index contributed by atoms with van der Waals surface area (Å²) < 4.78 is 1.03. The Morgan fingerprint density at radius 1 is 1.31 bits per heavy atom. The zero-order chi connectivity index (χ0) is 11.4. The van der Waals surface area contributed by atoms with Crippen molar-refractivity contribution in [2.45, 2.75) is 6.92 Å². The van der Waals surface area contributed by atoms with Gasteiger partial charge in [-0.1, -0.05) is 0 Å². The zero-order valence-electron chi connectivity index (χ0n) is 8.81. The quantitative estimate of drug-likeness (QED) is 0.881. The van der Waals surface area contributed by atoms with Crippen molar-refractivity contribution in [2.24, 2.45) is 0 Å². The van der Waals surface area contributed by atoms with Crippen LogP contribution in [-0.2, 0) is 0 Å². The molecule has 0 spiro atoms. The van der Waals surface area contributed by atoms with Crippen LogP contribution in [0.5, 0.6) is 0 Å². The highest BCUT2D eigenvalue weighted by molar-refractivity contribution is 14.1. The van der Waals surface area contributed by atoms with E-state index in [1.54, 1.807) is 12.4 Å². The fraction of sp³-hybridized carbons (Fsp3) is 0.182. The first-order valence-electron chi connectivity index (χ1n) is 4.98. The lowest BCUT2D eigenvalue weighted by molar-refractivity contribution is 1.10. The average molecular weight is 326 g/mol. The second-order valence-corrected chi connectivity index (χ2v) is 4.32. The molecular weight excluding hydrogens is 315 g/mol. The fourth-order valence-corrected chi connectivity index (χ4v) is 1.75. The smallest absolute Gasteiger partial charge is 0.161 e. The Hall–Kier alpha value is -1.24. The van der Waals surface area contributed by atoms with Crippen LogP contribution in [0.15, 0.2) is 30.7 Å². The summed E-state index contributed by atoms with van der Waals surface area (Å²) in [4.78, 5) is 12.8. The molecule has 0 aliphatic heterocycles. The predicted octanol–water partition coefficient (Wildman–Crippen LogP) is 2.58. The summed E-state index contributed by atoms with van der Waals surface area (Å²) in [6, 6.07) is 3.80. The minimum Gasteiger partial charge on any atom is -0.369 e. The summed E-state index contributed by atoms with van der Waals surface area (Å²) in [6.07, 6.45) is 5.30. The molecule has 0 aliphatic rings. The van der Waals surface area contributed by atoms with Gasteiger partial charge < -0.3 is 5.32 Å². The highest BCUT2D eigenvalue weighted by Gasteiger charge is 2.05. The number of rotatable bonds is 3. The molecule has 16 heavy (non-hydrogen) atoms. The first-order chi connectivity index (χ1) is 7.81.